The van der Waals surface area contributed by atoms with Crippen molar-refractivity contribution >= 4 is 46.2 Å². The lowest BCUT2D eigenvalue weighted by Gasteiger charge is -2.22. The number of hydrogen-bond acceptors (Lipinski definition) is 5. The number of hydrogen-bond donors (Lipinski definition) is 4. The molecule has 1 rings (SSSR count). The molecular weight excluding hydrogens is 441 g/mol. The number of nitrogens with two attached hydrogens (primary N) is 1. The molecule has 1 aromatic rings. The largest absolute Gasteiger partial charge is 0.436 e. The van der Waals surface area contributed by atoms with Gasteiger partial charge in [-0.15, -0.1) is 0 Å². The SMILES string of the molecule is CC(C)[C@H](OC(N)=O)C(=O)N[C@@H](C)C(=O)Nc1ccc(CO)c(I)c1. The van der Waals surface area contributed by atoms with E-state index in [1.165, 1.54) is 6.92 Å². The number of aliphatic hydroxyl groups excluding tert-OH is 1. The van der Waals surface area contributed by atoms with E-state index in [2.05, 4.69) is 33.2 Å². The average molecular weight is 463 g/mol. The van der Waals surface area contributed by atoms with Gasteiger partial charge in [-0.1, -0.05) is 19.9 Å². The number of amides is 3. The Kier molecular flexibility index (Phi) is 8.10. The topological polar surface area (TPSA) is 131 Å². The first-order valence-electron chi connectivity index (χ1n) is 7.62. The fourth-order valence-electron chi connectivity index (χ4n) is 1.98. The van der Waals surface area contributed by atoms with Gasteiger partial charge in [-0.3, -0.25) is 9.59 Å². The van der Waals surface area contributed by atoms with Crippen LogP contribution in [0.1, 0.15) is 26.3 Å². The van der Waals surface area contributed by atoms with Crippen LogP contribution in [0.15, 0.2) is 18.2 Å². The van der Waals surface area contributed by atoms with Gasteiger partial charge in [0.15, 0.2) is 6.10 Å². The van der Waals surface area contributed by atoms with Crippen LogP contribution < -0.4 is 16.4 Å². The molecule has 0 saturated carbocycles. The molecular formula is C16H22IN3O5. The summed E-state index contributed by atoms with van der Waals surface area (Å²) in [4.78, 5) is 35.3. The average Bonchev–Trinajstić information content (AvgIpc) is 2.52. The van der Waals surface area contributed by atoms with Crippen LogP contribution in [-0.4, -0.2) is 35.2 Å². The van der Waals surface area contributed by atoms with Gasteiger partial charge in [0.25, 0.3) is 5.91 Å². The maximum atomic E-state index is 12.2. The molecule has 0 bridgehead atoms. The zero-order valence-corrected chi connectivity index (χ0v) is 16.4. The molecule has 0 aromatic heterocycles. The molecule has 1 aromatic carbocycles. The minimum Gasteiger partial charge on any atom is -0.436 e. The van der Waals surface area contributed by atoms with Crippen molar-refractivity contribution in [3.8, 4) is 0 Å². The van der Waals surface area contributed by atoms with Gasteiger partial charge in [-0.05, 0) is 53.1 Å². The Labute approximate surface area is 159 Å². The summed E-state index contributed by atoms with van der Waals surface area (Å²) >= 11 is 2.06. The third kappa shape index (κ3) is 6.50. The van der Waals surface area contributed by atoms with E-state index in [0.717, 1.165) is 9.13 Å². The van der Waals surface area contributed by atoms with Gasteiger partial charge in [0.1, 0.15) is 6.04 Å². The zero-order chi connectivity index (χ0) is 19.1. The number of aliphatic hydroxyl groups is 1. The Balaban J connectivity index is 2.71. The third-order valence-electron chi connectivity index (χ3n) is 3.35. The number of carbonyl (C=O) groups is 3. The Bertz CT molecular complexity index is 651. The molecule has 0 spiro atoms. The molecule has 0 fully saturated rings. The highest BCUT2D eigenvalue weighted by Crippen LogP contribution is 2.18. The monoisotopic (exact) mass is 463 g/mol. The van der Waals surface area contributed by atoms with E-state index in [4.69, 9.17) is 15.6 Å². The summed E-state index contributed by atoms with van der Waals surface area (Å²) in [5.41, 5.74) is 6.26. The summed E-state index contributed by atoms with van der Waals surface area (Å²) in [6, 6.07) is 4.23. The van der Waals surface area contributed by atoms with Gasteiger partial charge in [0, 0.05) is 9.26 Å². The predicted octanol–water partition coefficient (Wildman–Crippen LogP) is 1.35. The van der Waals surface area contributed by atoms with E-state index in [0.29, 0.717) is 5.69 Å². The number of primary amides is 1. The van der Waals surface area contributed by atoms with E-state index in [1.807, 2.05) is 0 Å². The van der Waals surface area contributed by atoms with Crippen LogP contribution in [0.5, 0.6) is 0 Å². The van der Waals surface area contributed by atoms with Crippen LogP contribution >= 0.6 is 22.6 Å². The molecule has 0 unspecified atom stereocenters. The predicted molar refractivity (Wildman–Crippen MR) is 101 cm³/mol. The zero-order valence-electron chi connectivity index (χ0n) is 14.2. The van der Waals surface area contributed by atoms with Gasteiger partial charge in [0.05, 0.1) is 6.61 Å². The van der Waals surface area contributed by atoms with Crippen molar-refractivity contribution in [1.29, 1.82) is 0 Å². The van der Waals surface area contributed by atoms with E-state index in [1.54, 1.807) is 32.0 Å². The molecule has 0 aliphatic heterocycles. The van der Waals surface area contributed by atoms with E-state index < -0.39 is 30.1 Å². The molecule has 5 N–H and O–H groups in total. The number of carbonyl (C=O) groups excluding carboxylic acids is 3. The highest BCUT2D eigenvalue weighted by molar-refractivity contribution is 14.1. The molecule has 8 nitrogen and oxygen atoms in total. The van der Waals surface area contributed by atoms with E-state index in [-0.39, 0.29) is 12.5 Å². The van der Waals surface area contributed by atoms with Crippen molar-refractivity contribution in [3.63, 3.8) is 0 Å². The van der Waals surface area contributed by atoms with Crippen LogP contribution in [0, 0.1) is 9.49 Å². The summed E-state index contributed by atoms with van der Waals surface area (Å²) in [5.74, 6) is -1.32. The smallest absolute Gasteiger partial charge is 0.405 e. The maximum absolute atomic E-state index is 12.2. The molecule has 0 radical (unpaired) electrons. The van der Waals surface area contributed by atoms with Gasteiger partial charge in [-0.2, -0.15) is 0 Å². The number of benzene rings is 1. The van der Waals surface area contributed by atoms with Crippen LogP contribution in [-0.2, 0) is 20.9 Å². The first kappa shape index (κ1) is 21.2. The van der Waals surface area contributed by atoms with Gasteiger partial charge in [0.2, 0.25) is 5.91 Å². The maximum Gasteiger partial charge on any atom is 0.405 e. The second kappa shape index (κ2) is 9.56. The van der Waals surface area contributed by atoms with Crippen molar-refractivity contribution in [1.82, 2.24) is 5.32 Å². The molecule has 0 heterocycles. The lowest BCUT2D eigenvalue weighted by molar-refractivity contribution is -0.134. The van der Waals surface area contributed by atoms with Crippen molar-refractivity contribution in [3.05, 3.63) is 27.3 Å². The first-order valence-corrected chi connectivity index (χ1v) is 8.70. The summed E-state index contributed by atoms with van der Waals surface area (Å²) in [5, 5.41) is 14.3. The number of nitrogens with one attached hydrogen (secondary N) is 2. The van der Waals surface area contributed by atoms with Crippen molar-refractivity contribution < 1.29 is 24.2 Å². The number of ether oxygens (including phenoxy) is 1. The fraction of sp³-hybridized carbons (Fsp3) is 0.438. The Morgan fingerprint density at radius 1 is 1.24 bits per heavy atom. The van der Waals surface area contributed by atoms with E-state index in [9.17, 15) is 14.4 Å². The Morgan fingerprint density at radius 3 is 2.36 bits per heavy atom. The minimum atomic E-state index is -1.07. The van der Waals surface area contributed by atoms with E-state index >= 15 is 0 Å². The quantitative estimate of drug-likeness (QED) is 0.454. The molecule has 25 heavy (non-hydrogen) atoms. The van der Waals surface area contributed by atoms with Crippen LogP contribution in [0.4, 0.5) is 10.5 Å². The third-order valence-corrected chi connectivity index (χ3v) is 4.35. The molecule has 2 atom stereocenters. The lowest BCUT2D eigenvalue weighted by Crippen LogP contribution is -2.49. The number of halogens is 1. The summed E-state index contributed by atoms with van der Waals surface area (Å²) < 4.78 is 5.59. The summed E-state index contributed by atoms with van der Waals surface area (Å²) in [7, 11) is 0. The second-order valence-electron chi connectivity index (χ2n) is 5.79. The minimum absolute atomic E-state index is 0.0879. The lowest BCUT2D eigenvalue weighted by atomic mass is 10.1. The molecule has 0 saturated heterocycles. The van der Waals surface area contributed by atoms with Crippen molar-refractivity contribution in [2.75, 3.05) is 5.32 Å². The number of rotatable bonds is 7. The Hall–Kier alpha value is -1.88. The summed E-state index contributed by atoms with van der Waals surface area (Å²) in [6.45, 7) is 4.82. The van der Waals surface area contributed by atoms with Crippen molar-refractivity contribution in [2.45, 2.75) is 39.5 Å². The fourth-order valence-corrected chi connectivity index (χ4v) is 2.67. The molecule has 9 heteroatoms. The number of anilines is 1. The summed E-state index contributed by atoms with van der Waals surface area (Å²) in [6.07, 6.45) is -2.12. The first-order chi connectivity index (χ1) is 11.6. The van der Waals surface area contributed by atoms with Crippen LogP contribution in [0.2, 0.25) is 0 Å². The van der Waals surface area contributed by atoms with Gasteiger partial charge < -0.3 is 26.2 Å². The molecule has 0 aliphatic carbocycles. The highest BCUT2D eigenvalue weighted by Gasteiger charge is 2.28. The van der Waals surface area contributed by atoms with Crippen LogP contribution in [0.3, 0.4) is 0 Å². The molecule has 0 aliphatic rings. The normalized spacial score (nSPS) is 13.0. The second-order valence-corrected chi connectivity index (χ2v) is 6.95. The van der Waals surface area contributed by atoms with Gasteiger partial charge in [-0.25, -0.2) is 4.79 Å². The molecule has 3 amide bonds. The standard InChI is InChI=1S/C16H22IN3O5/c1-8(2)13(25-16(18)24)15(23)19-9(3)14(22)20-11-5-4-10(7-21)12(17)6-11/h4-6,8-9,13,21H,7H2,1-3H3,(H2,18,24)(H,19,23)(H,20,22)/t9-,13-/m0/s1. The van der Waals surface area contributed by atoms with Crippen molar-refractivity contribution in [2.24, 2.45) is 11.7 Å². The Morgan fingerprint density at radius 2 is 1.88 bits per heavy atom. The van der Waals surface area contributed by atoms with Gasteiger partial charge >= 0.3 is 6.09 Å². The highest BCUT2D eigenvalue weighted by atomic mass is 127. The van der Waals surface area contributed by atoms with Crippen LogP contribution in [0.25, 0.3) is 0 Å². The molecule has 138 valence electrons.